The fraction of sp³-hybridized carbons (Fsp3) is 0.467. The SMILES string of the molecule is CCn1ncnc1CC(NC)C1COc2ccccc2O1. The number of benzene rings is 1. The number of nitrogens with one attached hydrogen (secondary N) is 1. The van der Waals surface area contributed by atoms with E-state index in [-0.39, 0.29) is 12.1 Å². The van der Waals surface area contributed by atoms with Gasteiger partial charge >= 0.3 is 0 Å². The van der Waals surface area contributed by atoms with Crippen molar-refractivity contribution in [3.8, 4) is 11.5 Å². The van der Waals surface area contributed by atoms with Crippen LogP contribution in [0.25, 0.3) is 0 Å². The highest BCUT2D eigenvalue weighted by Gasteiger charge is 2.29. The van der Waals surface area contributed by atoms with Crippen molar-refractivity contribution < 1.29 is 9.47 Å². The maximum Gasteiger partial charge on any atom is 0.161 e. The van der Waals surface area contributed by atoms with Crippen LogP contribution in [0.1, 0.15) is 12.7 Å². The molecule has 0 radical (unpaired) electrons. The van der Waals surface area contributed by atoms with Gasteiger partial charge in [-0.1, -0.05) is 12.1 Å². The molecule has 0 aliphatic carbocycles. The molecular formula is C15H20N4O2. The first-order valence-electron chi connectivity index (χ1n) is 7.24. The van der Waals surface area contributed by atoms with Gasteiger partial charge in [0, 0.05) is 13.0 Å². The Balaban J connectivity index is 1.73. The zero-order chi connectivity index (χ0) is 14.7. The molecule has 0 bridgehead atoms. The summed E-state index contributed by atoms with van der Waals surface area (Å²) in [7, 11) is 1.93. The highest BCUT2D eigenvalue weighted by atomic mass is 16.6. The first kappa shape index (κ1) is 13.9. The van der Waals surface area contributed by atoms with Crippen LogP contribution >= 0.6 is 0 Å². The van der Waals surface area contributed by atoms with E-state index in [4.69, 9.17) is 9.47 Å². The summed E-state index contributed by atoms with van der Waals surface area (Å²) in [6.45, 7) is 3.41. The average molecular weight is 288 g/mol. The highest BCUT2D eigenvalue weighted by Crippen LogP contribution is 2.31. The van der Waals surface area contributed by atoms with Gasteiger partial charge in [-0.3, -0.25) is 4.68 Å². The van der Waals surface area contributed by atoms with Gasteiger partial charge in [0.2, 0.25) is 0 Å². The lowest BCUT2D eigenvalue weighted by atomic mass is 10.1. The van der Waals surface area contributed by atoms with Gasteiger partial charge < -0.3 is 14.8 Å². The lowest BCUT2D eigenvalue weighted by Gasteiger charge is -2.31. The Morgan fingerprint density at radius 2 is 2.19 bits per heavy atom. The van der Waals surface area contributed by atoms with Gasteiger partial charge in [0.05, 0.1) is 6.04 Å². The molecule has 6 nitrogen and oxygen atoms in total. The van der Waals surface area contributed by atoms with Crippen LogP contribution < -0.4 is 14.8 Å². The van der Waals surface area contributed by atoms with Gasteiger partial charge in [0.25, 0.3) is 0 Å². The van der Waals surface area contributed by atoms with Crippen LogP contribution in [-0.2, 0) is 13.0 Å². The van der Waals surface area contributed by atoms with E-state index < -0.39 is 0 Å². The Kier molecular flexibility index (Phi) is 4.06. The number of hydrogen-bond donors (Lipinski definition) is 1. The second-order valence-electron chi connectivity index (χ2n) is 5.01. The van der Waals surface area contributed by atoms with Gasteiger partial charge in [0.1, 0.15) is 24.9 Å². The summed E-state index contributed by atoms with van der Waals surface area (Å²) in [5, 5.41) is 7.51. The monoisotopic (exact) mass is 288 g/mol. The van der Waals surface area contributed by atoms with Crippen molar-refractivity contribution in [3.05, 3.63) is 36.4 Å². The molecule has 0 fully saturated rings. The van der Waals surface area contributed by atoms with E-state index in [1.165, 1.54) is 0 Å². The fourth-order valence-electron chi connectivity index (χ4n) is 2.56. The van der Waals surface area contributed by atoms with Crippen molar-refractivity contribution in [2.45, 2.75) is 32.0 Å². The molecule has 2 aromatic rings. The molecule has 2 unspecified atom stereocenters. The van der Waals surface area contributed by atoms with E-state index in [0.29, 0.717) is 6.61 Å². The molecule has 3 rings (SSSR count). The van der Waals surface area contributed by atoms with Crippen molar-refractivity contribution in [2.24, 2.45) is 0 Å². The topological polar surface area (TPSA) is 61.2 Å². The molecular weight excluding hydrogens is 268 g/mol. The third-order valence-corrected chi connectivity index (χ3v) is 3.75. The van der Waals surface area contributed by atoms with Gasteiger partial charge in [0.15, 0.2) is 11.5 Å². The van der Waals surface area contributed by atoms with E-state index in [0.717, 1.165) is 30.3 Å². The van der Waals surface area contributed by atoms with Crippen molar-refractivity contribution in [3.63, 3.8) is 0 Å². The van der Waals surface area contributed by atoms with Gasteiger partial charge in [-0.15, -0.1) is 0 Å². The highest BCUT2D eigenvalue weighted by molar-refractivity contribution is 5.40. The zero-order valence-corrected chi connectivity index (χ0v) is 12.3. The molecule has 1 aliphatic heterocycles. The number of aryl methyl sites for hydroxylation is 1. The van der Waals surface area contributed by atoms with E-state index in [1.54, 1.807) is 6.33 Å². The third-order valence-electron chi connectivity index (χ3n) is 3.75. The first-order chi connectivity index (χ1) is 10.3. The van der Waals surface area contributed by atoms with E-state index >= 15 is 0 Å². The predicted octanol–water partition coefficient (Wildman–Crippen LogP) is 1.27. The first-order valence-corrected chi connectivity index (χ1v) is 7.24. The van der Waals surface area contributed by atoms with E-state index in [1.807, 2.05) is 36.0 Å². The molecule has 1 aliphatic rings. The Morgan fingerprint density at radius 3 is 2.95 bits per heavy atom. The molecule has 0 amide bonds. The maximum absolute atomic E-state index is 6.06. The molecule has 112 valence electrons. The number of likely N-dealkylation sites (N-methyl/N-ethyl adjacent to an activating group) is 1. The van der Waals surface area contributed by atoms with Crippen LogP contribution in [0.4, 0.5) is 0 Å². The summed E-state index contributed by atoms with van der Waals surface area (Å²) in [5.41, 5.74) is 0. The Morgan fingerprint density at radius 1 is 1.38 bits per heavy atom. The summed E-state index contributed by atoms with van der Waals surface area (Å²) >= 11 is 0. The molecule has 2 heterocycles. The molecule has 1 aromatic heterocycles. The Hall–Kier alpha value is -2.08. The van der Waals surface area contributed by atoms with Crippen LogP contribution in [0, 0.1) is 0 Å². The molecule has 1 N–H and O–H groups in total. The quantitative estimate of drug-likeness (QED) is 0.897. The number of ether oxygens (including phenoxy) is 2. The van der Waals surface area contributed by atoms with Crippen LogP contribution in [0.15, 0.2) is 30.6 Å². The van der Waals surface area contributed by atoms with Gasteiger partial charge in [-0.2, -0.15) is 5.10 Å². The minimum absolute atomic E-state index is 0.0492. The summed E-state index contributed by atoms with van der Waals surface area (Å²) in [6.07, 6.45) is 2.30. The molecule has 0 spiro atoms. The maximum atomic E-state index is 6.06. The summed E-state index contributed by atoms with van der Waals surface area (Å²) in [4.78, 5) is 4.33. The van der Waals surface area contributed by atoms with Crippen molar-refractivity contribution in [1.82, 2.24) is 20.1 Å². The largest absolute Gasteiger partial charge is 0.486 e. The Labute approximate surface area is 124 Å². The van der Waals surface area contributed by atoms with E-state index in [2.05, 4.69) is 22.3 Å². The lowest BCUT2D eigenvalue weighted by molar-refractivity contribution is 0.0632. The molecule has 1 aromatic carbocycles. The van der Waals surface area contributed by atoms with E-state index in [9.17, 15) is 0 Å². The number of nitrogens with zero attached hydrogens (tertiary/aromatic N) is 3. The van der Waals surface area contributed by atoms with Crippen LogP contribution in [0.5, 0.6) is 11.5 Å². The average Bonchev–Trinajstić information content (AvgIpc) is 2.99. The number of aromatic nitrogens is 3. The van der Waals surface area contributed by atoms with Gasteiger partial charge in [-0.05, 0) is 26.1 Å². The third kappa shape index (κ3) is 2.85. The number of hydrogen-bond acceptors (Lipinski definition) is 5. The fourth-order valence-corrected chi connectivity index (χ4v) is 2.56. The van der Waals surface area contributed by atoms with Crippen LogP contribution in [0.2, 0.25) is 0 Å². The summed E-state index contributed by atoms with van der Waals surface area (Å²) in [5.74, 6) is 2.56. The minimum Gasteiger partial charge on any atom is -0.486 e. The van der Waals surface area contributed by atoms with Crippen molar-refractivity contribution in [2.75, 3.05) is 13.7 Å². The van der Waals surface area contributed by atoms with Crippen molar-refractivity contribution in [1.29, 1.82) is 0 Å². The summed E-state index contributed by atoms with van der Waals surface area (Å²) in [6, 6.07) is 7.87. The normalized spacial score (nSPS) is 18.5. The van der Waals surface area contributed by atoms with Crippen LogP contribution in [-0.4, -0.2) is 40.6 Å². The summed E-state index contributed by atoms with van der Waals surface area (Å²) < 4.78 is 13.8. The Bertz CT molecular complexity index is 599. The second kappa shape index (κ2) is 6.13. The molecule has 6 heteroatoms. The second-order valence-corrected chi connectivity index (χ2v) is 5.01. The molecule has 2 atom stereocenters. The molecule has 0 saturated carbocycles. The zero-order valence-electron chi connectivity index (χ0n) is 12.3. The van der Waals surface area contributed by atoms with Crippen LogP contribution in [0.3, 0.4) is 0 Å². The predicted molar refractivity (Wildman–Crippen MR) is 78.6 cm³/mol. The minimum atomic E-state index is -0.0492. The molecule has 0 saturated heterocycles. The smallest absolute Gasteiger partial charge is 0.161 e. The lowest BCUT2D eigenvalue weighted by Crippen LogP contribution is -2.48. The molecule has 21 heavy (non-hydrogen) atoms. The standard InChI is InChI=1S/C15H20N4O2/c1-3-19-15(17-10-18-19)8-11(16-2)14-9-20-12-6-4-5-7-13(12)21-14/h4-7,10-11,14,16H,3,8-9H2,1-2H3. The number of fused-ring (bicyclic) bond motifs is 1. The number of para-hydroxylation sites is 2. The van der Waals surface area contributed by atoms with Gasteiger partial charge in [-0.25, -0.2) is 4.98 Å². The van der Waals surface area contributed by atoms with Crippen molar-refractivity contribution >= 4 is 0 Å². The number of rotatable bonds is 5.